The Labute approximate surface area is 113 Å². The lowest BCUT2D eigenvalue weighted by Crippen LogP contribution is -2.09. The molecule has 0 fully saturated rings. The minimum absolute atomic E-state index is 0.155. The molecule has 0 saturated heterocycles. The first-order valence-electron chi connectivity index (χ1n) is 6.55. The molecule has 2 heterocycles. The van der Waals surface area contributed by atoms with Crippen LogP contribution in [-0.2, 0) is 0 Å². The van der Waals surface area contributed by atoms with E-state index in [0.717, 1.165) is 18.0 Å². The summed E-state index contributed by atoms with van der Waals surface area (Å²) in [6, 6.07) is 7.96. The van der Waals surface area contributed by atoms with Crippen LogP contribution in [0.3, 0.4) is 0 Å². The number of aromatic nitrogens is 2. The number of nitrogens with one attached hydrogen (secondary N) is 1. The van der Waals surface area contributed by atoms with E-state index in [1.165, 1.54) is 5.56 Å². The Bertz CT molecular complexity index is 502. The number of nitrogens with zero attached hydrogens (tertiary/aromatic N) is 2. The van der Waals surface area contributed by atoms with E-state index >= 15 is 0 Å². The molecule has 1 unspecified atom stereocenters. The molecule has 1 atom stereocenters. The van der Waals surface area contributed by atoms with Gasteiger partial charge in [0.05, 0.1) is 12.6 Å². The second kappa shape index (κ2) is 6.73. The normalized spacial score (nSPS) is 11.9. The van der Waals surface area contributed by atoms with E-state index in [1.54, 1.807) is 18.6 Å². The Hall–Kier alpha value is -2.10. The summed E-state index contributed by atoms with van der Waals surface area (Å²) in [5.41, 5.74) is 1.17. The minimum atomic E-state index is 0.155. The largest absolute Gasteiger partial charge is 0.490 e. The summed E-state index contributed by atoms with van der Waals surface area (Å²) in [5.74, 6) is 1.57. The number of anilines is 1. The molecule has 19 heavy (non-hydrogen) atoms. The fourth-order valence-electron chi connectivity index (χ4n) is 1.77. The second-order valence-electron chi connectivity index (χ2n) is 4.35. The Morgan fingerprint density at radius 3 is 2.74 bits per heavy atom. The predicted octanol–water partition coefficient (Wildman–Crippen LogP) is 3.44. The number of hydrogen-bond acceptors (Lipinski definition) is 4. The molecule has 0 aliphatic heterocycles. The molecule has 0 saturated carbocycles. The standard InChI is InChI=1S/C15H19N3O/c1-3-11-19-14-5-4-8-17-15(14)18-12(2)13-6-9-16-10-7-13/h4-10,12H,3,11H2,1-2H3,(H,17,18). The van der Waals surface area contributed by atoms with Gasteiger partial charge >= 0.3 is 0 Å². The Morgan fingerprint density at radius 1 is 1.21 bits per heavy atom. The molecule has 1 N–H and O–H groups in total. The summed E-state index contributed by atoms with van der Waals surface area (Å²) in [5, 5.41) is 3.37. The highest BCUT2D eigenvalue weighted by atomic mass is 16.5. The van der Waals surface area contributed by atoms with Gasteiger partial charge in [-0.15, -0.1) is 0 Å². The van der Waals surface area contributed by atoms with Crippen LogP contribution in [0.1, 0.15) is 31.9 Å². The lowest BCUT2D eigenvalue weighted by molar-refractivity contribution is 0.317. The quantitative estimate of drug-likeness (QED) is 0.861. The third-order valence-corrected chi connectivity index (χ3v) is 2.79. The second-order valence-corrected chi connectivity index (χ2v) is 4.35. The molecule has 0 aromatic carbocycles. The van der Waals surface area contributed by atoms with Gasteiger partial charge < -0.3 is 10.1 Å². The summed E-state index contributed by atoms with van der Waals surface area (Å²) in [4.78, 5) is 8.37. The highest BCUT2D eigenvalue weighted by Crippen LogP contribution is 2.25. The molecule has 0 aliphatic rings. The first kappa shape index (κ1) is 13.3. The van der Waals surface area contributed by atoms with Gasteiger partial charge in [-0.3, -0.25) is 4.98 Å². The van der Waals surface area contributed by atoms with Crippen molar-refractivity contribution in [1.82, 2.24) is 9.97 Å². The molecule has 0 radical (unpaired) electrons. The van der Waals surface area contributed by atoms with Crippen LogP contribution >= 0.6 is 0 Å². The zero-order valence-electron chi connectivity index (χ0n) is 11.3. The molecule has 4 nitrogen and oxygen atoms in total. The molecule has 4 heteroatoms. The SMILES string of the molecule is CCCOc1cccnc1NC(C)c1ccncc1. The van der Waals surface area contributed by atoms with Gasteiger partial charge in [0.1, 0.15) is 0 Å². The summed E-state index contributed by atoms with van der Waals surface area (Å²) in [6.07, 6.45) is 6.33. The van der Waals surface area contributed by atoms with Crippen LogP contribution in [0.2, 0.25) is 0 Å². The van der Waals surface area contributed by atoms with Crippen LogP contribution < -0.4 is 10.1 Å². The van der Waals surface area contributed by atoms with Crippen LogP contribution in [0.25, 0.3) is 0 Å². The fourth-order valence-corrected chi connectivity index (χ4v) is 1.77. The van der Waals surface area contributed by atoms with Crippen molar-refractivity contribution in [3.8, 4) is 5.75 Å². The van der Waals surface area contributed by atoms with Gasteiger partial charge in [0, 0.05) is 18.6 Å². The fraction of sp³-hybridized carbons (Fsp3) is 0.333. The molecule has 2 aromatic rings. The van der Waals surface area contributed by atoms with Crippen molar-refractivity contribution in [1.29, 1.82) is 0 Å². The first-order chi connectivity index (χ1) is 9.31. The average Bonchev–Trinajstić information content (AvgIpc) is 2.47. The van der Waals surface area contributed by atoms with Gasteiger partial charge in [-0.2, -0.15) is 0 Å². The molecule has 2 aromatic heterocycles. The number of ether oxygens (including phenoxy) is 1. The molecule has 0 bridgehead atoms. The minimum Gasteiger partial charge on any atom is -0.490 e. The lowest BCUT2D eigenvalue weighted by atomic mass is 10.1. The highest BCUT2D eigenvalue weighted by Gasteiger charge is 2.09. The molecule has 0 aliphatic carbocycles. The van der Waals surface area contributed by atoms with Crippen LogP contribution in [0.4, 0.5) is 5.82 Å². The van der Waals surface area contributed by atoms with Crippen molar-refractivity contribution < 1.29 is 4.74 Å². The molecule has 100 valence electrons. The van der Waals surface area contributed by atoms with Crippen LogP contribution in [0.5, 0.6) is 5.75 Å². The lowest BCUT2D eigenvalue weighted by Gasteiger charge is -2.17. The Morgan fingerprint density at radius 2 is 2.00 bits per heavy atom. The Kier molecular flexibility index (Phi) is 4.72. The van der Waals surface area contributed by atoms with Crippen molar-refractivity contribution in [2.24, 2.45) is 0 Å². The van der Waals surface area contributed by atoms with Gasteiger partial charge in [0.15, 0.2) is 11.6 Å². The number of pyridine rings is 2. The van der Waals surface area contributed by atoms with Crippen molar-refractivity contribution in [2.45, 2.75) is 26.3 Å². The number of rotatable bonds is 6. The van der Waals surface area contributed by atoms with Crippen molar-refractivity contribution in [2.75, 3.05) is 11.9 Å². The molecule has 0 spiro atoms. The van der Waals surface area contributed by atoms with E-state index in [-0.39, 0.29) is 6.04 Å². The third-order valence-electron chi connectivity index (χ3n) is 2.79. The summed E-state index contributed by atoms with van der Waals surface area (Å²) in [7, 11) is 0. The smallest absolute Gasteiger partial charge is 0.169 e. The van der Waals surface area contributed by atoms with Crippen molar-refractivity contribution in [3.63, 3.8) is 0 Å². The zero-order chi connectivity index (χ0) is 13.5. The zero-order valence-corrected chi connectivity index (χ0v) is 11.3. The van der Waals surface area contributed by atoms with Crippen LogP contribution in [0.15, 0.2) is 42.9 Å². The summed E-state index contributed by atoms with van der Waals surface area (Å²) < 4.78 is 5.69. The van der Waals surface area contributed by atoms with Crippen LogP contribution in [-0.4, -0.2) is 16.6 Å². The molecule has 0 amide bonds. The van der Waals surface area contributed by atoms with E-state index in [2.05, 4.69) is 29.1 Å². The monoisotopic (exact) mass is 257 g/mol. The molecule has 2 rings (SSSR count). The topological polar surface area (TPSA) is 47.0 Å². The van der Waals surface area contributed by atoms with Crippen molar-refractivity contribution in [3.05, 3.63) is 48.4 Å². The van der Waals surface area contributed by atoms with E-state index in [9.17, 15) is 0 Å². The summed E-state index contributed by atoms with van der Waals surface area (Å²) in [6.45, 7) is 4.88. The molecular weight excluding hydrogens is 238 g/mol. The maximum absolute atomic E-state index is 5.69. The predicted molar refractivity (Wildman–Crippen MR) is 76.3 cm³/mol. The van der Waals surface area contributed by atoms with Gasteiger partial charge in [0.2, 0.25) is 0 Å². The summed E-state index contributed by atoms with van der Waals surface area (Å²) >= 11 is 0. The maximum atomic E-state index is 5.69. The molecular formula is C15H19N3O. The van der Waals surface area contributed by atoms with Crippen molar-refractivity contribution >= 4 is 5.82 Å². The Balaban J connectivity index is 2.10. The van der Waals surface area contributed by atoms with E-state index in [0.29, 0.717) is 6.61 Å². The van der Waals surface area contributed by atoms with Gasteiger partial charge in [-0.1, -0.05) is 6.92 Å². The maximum Gasteiger partial charge on any atom is 0.169 e. The average molecular weight is 257 g/mol. The van der Waals surface area contributed by atoms with Crippen LogP contribution in [0, 0.1) is 0 Å². The van der Waals surface area contributed by atoms with Gasteiger partial charge in [-0.05, 0) is 43.2 Å². The third kappa shape index (κ3) is 3.68. The van der Waals surface area contributed by atoms with Gasteiger partial charge in [-0.25, -0.2) is 4.98 Å². The van der Waals surface area contributed by atoms with E-state index in [1.807, 2.05) is 24.3 Å². The van der Waals surface area contributed by atoms with Gasteiger partial charge in [0.25, 0.3) is 0 Å². The number of hydrogen-bond donors (Lipinski definition) is 1. The highest BCUT2D eigenvalue weighted by molar-refractivity contribution is 5.50. The van der Waals surface area contributed by atoms with E-state index in [4.69, 9.17) is 4.74 Å². The first-order valence-corrected chi connectivity index (χ1v) is 6.55. The van der Waals surface area contributed by atoms with E-state index < -0.39 is 0 Å².